The molecule has 1 aliphatic heterocycles. The molecule has 1 aromatic rings. The summed E-state index contributed by atoms with van der Waals surface area (Å²) in [6, 6.07) is 4.52. The van der Waals surface area contributed by atoms with Gasteiger partial charge in [-0.1, -0.05) is 29.3 Å². The van der Waals surface area contributed by atoms with Crippen molar-refractivity contribution < 1.29 is 13.5 Å². The minimum atomic E-state index is -3.69. The van der Waals surface area contributed by atoms with Gasteiger partial charge in [-0.2, -0.15) is 4.31 Å². The molecule has 0 aliphatic carbocycles. The fourth-order valence-electron chi connectivity index (χ4n) is 1.47. The summed E-state index contributed by atoms with van der Waals surface area (Å²) < 4.78 is 25.2. The summed E-state index contributed by atoms with van der Waals surface area (Å²) in [6.45, 7) is 0.174. The number of β-amino-alcohol motifs (C(OH)–C–C–N with tert-alkyl or cyclic N) is 1. The molecule has 4 nitrogen and oxygen atoms in total. The van der Waals surface area contributed by atoms with Crippen molar-refractivity contribution >= 4 is 33.2 Å². The summed E-state index contributed by atoms with van der Waals surface area (Å²) in [5.74, 6) is 0. The van der Waals surface area contributed by atoms with Crippen molar-refractivity contribution in [2.75, 3.05) is 13.1 Å². The molecule has 7 heteroatoms. The molecule has 16 heavy (non-hydrogen) atoms. The number of nitrogens with zero attached hydrogens (tertiary/aromatic N) is 1. The molecule has 1 fully saturated rings. The van der Waals surface area contributed by atoms with Crippen molar-refractivity contribution in [3.05, 3.63) is 28.2 Å². The van der Waals surface area contributed by atoms with Crippen LogP contribution in [0.3, 0.4) is 0 Å². The Morgan fingerprint density at radius 2 is 1.75 bits per heavy atom. The summed E-state index contributed by atoms with van der Waals surface area (Å²) in [5.41, 5.74) is 0. The van der Waals surface area contributed by atoms with E-state index in [1.54, 1.807) is 6.07 Å². The third kappa shape index (κ3) is 1.94. The molecule has 0 amide bonds. The smallest absolute Gasteiger partial charge is 0.246 e. The Morgan fingerprint density at radius 3 is 2.19 bits per heavy atom. The van der Waals surface area contributed by atoms with Gasteiger partial charge in [0, 0.05) is 13.1 Å². The Hall–Kier alpha value is -0.330. The number of aliphatic hydroxyl groups excluding tert-OH is 1. The average Bonchev–Trinajstić information content (AvgIpc) is 2.12. The number of hydrogen-bond donors (Lipinski definition) is 1. The van der Waals surface area contributed by atoms with E-state index in [2.05, 4.69) is 0 Å². The molecule has 1 aromatic carbocycles. The van der Waals surface area contributed by atoms with Crippen LogP contribution in [0, 0.1) is 0 Å². The molecule has 0 radical (unpaired) electrons. The monoisotopic (exact) mass is 281 g/mol. The van der Waals surface area contributed by atoms with Crippen molar-refractivity contribution in [2.24, 2.45) is 0 Å². The second kappa shape index (κ2) is 4.16. The molecule has 0 bridgehead atoms. The maximum Gasteiger partial charge on any atom is 0.246 e. The molecule has 0 spiro atoms. The van der Waals surface area contributed by atoms with Crippen LogP contribution in [0.2, 0.25) is 10.0 Å². The molecule has 1 aliphatic rings. The Morgan fingerprint density at radius 1 is 1.25 bits per heavy atom. The van der Waals surface area contributed by atoms with Gasteiger partial charge in [-0.15, -0.1) is 0 Å². The average molecular weight is 282 g/mol. The SMILES string of the molecule is O=S(=O)(c1c(Cl)cccc1Cl)N1CC(O)C1. The first kappa shape index (κ1) is 12.1. The van der Waals surface area contributed by atoms with Gasteiger partial charge in [0.2, 0.25) is 10.0 Å². The lowest BCUT2D eigenvalue weighted by molar-refractivity contribution is 0.0548. The van der Waals surface area contributed by atoms with E-state index in [4.69, 9.17) is 28.3 Å². The number of benzene rings is 1. The van der Waals surface area contributed by atoms with Crippen molar-refractivity contribution in [1.29, 1.82) is 0 Å². The summed E-state index contributed by atoms with van der Waals surface area (Å²) in [6.07, 6.45) is -0.601. The highest BCUT2D eigenvalue weighted by Crippen LogP contribution is 2.33. The second-order valence-electron chi connectivity index (χ2n) is 3.53. The maximum absolute atomic E-state index is 12.0. The van der Waals surface area contributed by atoms with Crippen LogP contribution in [-0.4, -0.2) is 37.0 Å². The zero-order valence-corrected chi connectivity index (χ0v) is 10.4. The topological polar surface area (TPSA) is 57.6 Å². The summed E-state index contributed by atoms with van der Waals surface area (Å²) in [5, 5.41) is 9.28. The van der Waals surface area contributed by atoms with Crippen LogP contribution in [0.1, 0.15) is 0 Å². The molecule has 1 N–H and O–H groups in total. The fraction of sp³-hybridized carbons (Fsp3) is 0.333. The zero-order chi connectivity index (χ0) is 11.9. The number of sulfonamides is 1. The number of aliphatic hydroxyl groups is 1. The van der Waals surface area contributed by atoms with E-state index in [0.717, 1.165) is 4.31 Å². The number of rotatable bonds is 2. The Bertz CT molecular complexity index is 491. The van der Waals surface area contributed by atoms with Crippen molar-refractivity contribution in [3.63, 3.8) is 0 Å². The standard InChI is InChI=1S/C9H9Cl2NO3S/c10-7-2-1-3-8(11)9(7)16(14,15)12-4-6(13)5-12/h1-3,6,13H,4-5H2. The van der Waals surface area contributed by atoms with Gasteiger partial charge < -0.3 is 5.11 Å². The van der Waals surface area contributed by atoms with E-state index in [9.17, 15) is 8.42 Å². The van der Waals surface area contributed by atoms with Gasteiger partial charge in [0.05, 0.1) is 16.1 Å². The minimum Gasteiger partial charge on any atom is -0.390 e. The molecular weight excluding hydrogens is 273 g/mol. The largest absolute Gasteiger partial charge is 0.390 e. The first-order valence-corrected chi connectivity index (χ1v) is 6.75. The van der Waals surface area contributed by atoms with E-state index >= 15 is 0 Å². The van der Waals surface area contributed by atoms with E-state index in [1.807, 2.05) is 0 Å². The molecule has 1 heterocycles. The van der Waals surface area contributed by atoms with Gasteiger partial charge in [-0.05, 0) is 12.1 Å². The molecule has 1 saturated heterocycles. The van der Waals surface area contributed by atoms with Crippen LogP contribution >= 0.6 is 23.2 Å². The molecule has 0 aromatic heterocycles. The van der Waals surface area contributed by atoms with Crippen LogP contribution in [-0.2, 0) is 10.0 Å². The Labute approximate surface area is 103 Å². The zero-order valence-electron chi connectivity index (χ0n) is 8.10. The van der Waals surface area contributed by atoms with Gasteiger partial charge >= 0.3 is 0 Å². The van der Waals surface area contributed by atoms with E-state index in [0.29, 0.717) is 0 Å². The Kier molecular flexibility index (Phi) is 3.16. The predicted octanol–water partition coefficient (Wildman–Crippen LogP) is 1.36. The van der Waals surface area contributed by atoms with Crippen LogP contribution in [0.25, 0.3) is 0 Å². The summed E-state index contributed by atoms with van der Waals surface area (Å²) in [4.78, 5) is -0.0924. The normalized spacial score (nSPS) is 18.4. The lowest BCUT2D eigenvalue weighted by atomic mass is 10.2. The highest BCUT2D eigenvalue weighted by atomic mass is 35.5. The molecule has 0 saturated carbocycles. The Balaban J connectivity index is 2.44. The quantitative estimate of drug-likeness (QED) is 0.891. The first-order chi connectivity index (χ1) is 7.43. The van der Waals surface area contributed by atoms with E-state index in [-0.39, 0.29) is 28.0 Å². The van der Waals surface area contributed by atoms with Gasteiger partial charge in [-0.3, -0.25) is 0 Å². The molecule has 0 atom stereocenters. The van der Waals surface area contributed by atoms with E-state index < -0.39 is 16.1 Å². The highest BCUT2D eigenvalue weighted by molar-refractivity contribution is 7.89. The van der Waals surface area contributed by atoms with Gasteiger partial charge in [-0.25, -0.2) is 8.42 Å². The van der Waals surface area contributed by atoms with Crippen LogP contribution in [0.15, 0.2) is 23.1 Å². The van der Waals surface area contributed by atoms with E-state index in [1.165, 1.54) is 12.1 Å². The minimum absolute atomic E-state index is 0.0872. The maximum atomic E-state index is 12.0. The lowest BCUT2D eigenvalue weighted by Gasteiger charge is -2.34. The summed E-state index contributed by atoms with van der Waals surface area (Å²) >= 11 is 11.6. The van der Waals surface area contributed by atoms with Crippen LogP contribution < -0.4 is 0 Å². The molecular formula is C9H9Cl2NO3S. The predicted molar refractivity (Wildman–Crippen MR) is 61.2 cm³/mol. The first-order valence-electron chi connectivity index (χ1n) is 4.55. The number of hydrogen-bond acceptors (Lipinski definition) is 3. The van der Waals surface area contributed by atoms with Crippen LogP contribution in [0.5, 0.6) is 0 Å². The summed E-state index contributed by atoms with van der Waals surface area (Å²) in [7, 11) is -3.69. The highest BCUT2D eigenvalue weighted by Gasteiger charge is 2.37. The third-order valence-corrected chi connectivity index (χ3v) is 5.13. The van der Waals surface area contributed by atoms with Crippen molar-refractivity contribution in [2.45, 2.75) is 11.0 Å². The van der Waals surface area contributed by atoms with Gasteiger partial charge in [0.15, 0.2) is 0 Å². The van der Waals surface area contributed by atoms with Crippen LogP contribution in [0.4, 0.5) is 0 Å². The van der Waals surface area contributed by atoms with Crippen molar-refractivity contribution in [3.8, 4) is 0 Å². The third-order valence-electron chi connectivity index (χ3n) is 2.35. The second-order valence-corrected chi connectivity index (χ2v) is 6.22. The van der Waals surface area contributed by atoms with Crippen molar-refractivity contribution in [1.82, 2.24) is 4.31 Å². The molecule has 88 valence electrons. The lowest BCUT2D eigenvalue weighted by Crippen LogP contribution is -2.53. The fourth-order valence-corrected chi connectivity index (χ4v) is 4.08. The molecule has 2 rings (SSSR count). The molecule has 0 unspecified atom stereocenters. The number of halogens is 2. The van der Waals surface area contributed by atoms with Gasteiger partial charge in [0.1, 0.15) is 4.90 Å². The van der Waals surface area contributed by atoms with Gasteiger partial charge in [0.25, 0.3) is 0 Å².